The second-order valence-corrected chi connectivity index (χ2v) is 10.2. The summed E-state index contributed by atoms with van der Waals surface area (Å²) in [7, 11) is 0. The van der Waals surface area contributed by atoms with Gasteiger partial charge in [-0.15, -0.1) is 0 Å². The minimum Gasteiger partial charge on any atom is -0.390 e. The molecule has 5 heterocycles. The minimum atomic E-state index is -4.49. The van der Waals surface area contributed by atoms with Crippen molar-refractivity contribution in [1.29, 1.82) is 0 Å². The smallest absolute Gasteiger partial charge is 0.390 e. The van der Waals surface area contributed by atoms with E-state index in [1.54, 1.807) is 31.6 Å². The van der Waals surface area contributed by atoms with Crippen molar-refractivity contribution in [3.8, 4) is 11.5 Å². The van der Waals surface area contributed by atoms with Crippen molar-refractivity contribution in [3.63, 3.8) is 0 Å². The maximum Gasteiger partial charge on any atom is 0.417 e. The Morgan fingerprint density at radius 1 is 1.16 bits per heavy atom. The zero-order valence-electron chi connectivity index (χ0n) is 20.4. The van der Waals surface area contributed by atoms with E-state index in [1.165, 1.54) is 16.7 Å². The Bertz CT molecular complexity index is 1480. The van der Waals surface area contributed by atoms with E-state index < -0.39 is 17.3 Å². The fourth-order valence-corrected chi connectivity index (χ4v) is 5.36. The summed E-state index contributed by atoms with van der Waals surface area (Å²) in [5.74, 6) is 0.624. The van der Waals surface area contributed by atoms with E-state index in [-0.39, 0.29) is 23.7 Å². The van der Waals surface area contributed by atoms with E-state index in [4.69, 9.17) is 0 Å². The summed E-state index contributed by atoms with van der Waals surface area (Å²) in [6.45, 7) is 3.13. The standard InChI is InChI=1S/C25H25F3N8O2/c1-24(38)8-15(9-24)23(37)35-7-6-34(14-19(35)16-10-31-32-11-16)21-4-5-29-22(33-21)18-12-30-20-3-2-17(13-36(18)20)25(26,27)28/h2-5,10-13,15,19,38H,6-9,14H2,1H3,(H,31,32). The third kappa shape index (κ3) is 4.36. The first kappa shape index (κ1) is 24.3. The van der Waals surface area contributed by atoms with E-state index in [9.17, 15) is 23.1 Å². The highest BCUT2D eigenvalue weighted by molar-refractivity contribution is 5.81. The number of H-pyrrole nitrogens is 1. The van der Waals surface area contributed by atoms with Crippen LogP contribution in [0, 0.1) is 5.92 Å². The molecular weight excluding hydrogens is 501 g/mol. The highest BCUT2D eigenvalue weighted by atomic mass is 19.4. The van der Waals surface area contributed by atoms with E-state index in [1.807, 2.05) is 9.80 Å². The molecule has 0 aromatic carbocycles. The lowest BCUT2D eigenvalue weighted by Crippen LogP contribution is -2.56. The number of rotatable bonds is 4. The molecular formula is C25H25F3N8O2. The van der Waals surface area contributed by atoms with Gasteiger partial charge in [-0.1, -0.05) is 0 Å². The van der Waals surface area contributed by atoms with Gasteiger partial charge in [0.25, 0.3) is 0 Å². The third-order valence-electron chi connectivity index (χ3n) is 7.32. The predicted molar refractivity (Wildman–Crippen MR) is 130 cm³/mol. The summed E-state index contributed by atoms with van der Waals surface area (Å²) in [6, 6.07) is 3.75. The summed E-state index contributed by atoms with van der Waals surface area (Å²) in [4.78, 5) is 30.3. The Morgan fingerprint density at radius 3 is 2.68 bits per heavy atom. The molecule has 4 aromatic rings. The number of hydrogen-bond acceptors (Lipinski definition) is 7. The molecule has 6 rings (SSSR count). The summed E-state index contributed by atoms with van der Waals surface area (Å²) in [5.41, 5.74) is -0.0557. The molecule has 38 heavy (non-hydrogen) atoms. The number of carbonyl (C=O) groups excluding carboxylic acids is 1. The molecule has 2 N–H and O–H groups in total. The molecule has 0 bridgehead atoms. The number of aromatic amines is 1. The lowest BCUT2D eigenvalue weighted by atomic mass is 9.71. The Balaban J connectivity index is 1.28. The number of halogens is 3. The number of amides is 1. The van der Waals surface area contributed by atoms with Crippen molar-refractivity contribution in [2.75, 3.05) is 24.5 Å². The number of aromatic nitrogens is 6. The van der Waals surface area contributed by atoms with Crippen LogP contribution in [0.25, 0.3) is 17.2 Å². The molecule has 1 saturated heterocycles. The fraction of sp³-hybridized carbons (Fsp3) is 0.400. The Morgan fingerprint density at radius 2 is 1.97 bits per heavy atom. The number of fused-ring (bicyclic) bond motifs is 1. The van der Waals surface area contributed by atoms with Gasteiger partial charge in [0.15, 0.2) is 5.82 Å². The number of carbonyl (C=O) groups is 1. The number of nitrogens with one attached hydrogen (secondary N) is 1. The quantitative estimate of drug-likeness (QED) is 0.420. The monoisotopic (exact) mass is 526 g/mol. The lowest BCUT2D eigenvalue weighted by molar-refractivity contribution is -0.152. The topological polar surface area (TPSA) is 116 Å². The number of hydrogen-bond donors (Lipinski definition) is 2. The highest BCUT2D eigenvalue weighted by Crippen LogP contribution is 2.40. The summed E-state index contributed by atoms with van der Waals surface area (Å²) in [5, 5.41) is 17.0. The van der Waals surface area contributed by atoms with Crippen LogP contribution in [0.2, 0.25) is 0 Å². The van der Waals surface area contributed by atoms with Gasteiger partial charge in [0, 0.05) is 49.7 Å². The van der Waals surface area contributed by atoms with Gasteiger partial charge in [-0.2, -0.15) is 18.3 Å². The number of piperazine rings is 1. The number of imidazole rings is 1. The summed E-state index contributed by atoms with van der Waals surface area (Å²) < 4.78 is 41.2. The van der Waals surface area contributed by atoms with E-state index in [0.29, 0.717) is 49.6 Å². The van der Waals surface area contributed by atoms with Crippen molar-refractivity contribution in [1.82, 2.24) is 34.4 Å². The number of alkyl halides is 3. The van der Waals surface area contributed by atoms with E-state index >= 15 is 0 Å². The van der Waals surface area contributed by atoms with Crippen LogP contribution < -0.4 is 4.90 Å². The van der Waals surface area contributed by atoms with Crippen LogP contribution in [-0.2, 0) is 11.0 Å². The number of pyridine rings is 1. The number of nitrogens with zero attached hydrogens (tertiary/aromatic N) is 7. The van der Waals surface area contributed by atoms with Crippen molar-refractivity contribution in [2.24, 2.45) is 5.92 Å². The molecule has 1 aliphatic heterocycles. The molecule has 13 heteroatoms. The second kappa shape index (κ2) is 8.79. The van der Waals surface area contributed by atoms with E-state index in [2.05, 4.69) is 25.1 Å². The van der Waals surface area contributed by atoms with Crippen molar-refractivity contribution < 1.29 is 23.1 Å². The van der Waals surface area contributed by atoms with Gasteiger partial charge < -0.3 is 14.9 Å². The number of aliphatic hydroxyl groups is 1. The van der Waals surface area contributed by atoms with Crippen molar-refractivity contribution in [3.05, 3.63) is 60.3 Å². The van der Waals surface area contributed by atoms with Crippen molar-refractivity contribution >= 4 is 17.4 Å². The van der Waals surface area contributed by atoms with Crippen LogP contribution in [0.3, 0.4) is 0 Å². The molecule has 1 atom stereocenters. The average Bonchev–Trinajstić information content (AvgIpc) is 3.56. The van der Waals surface area contributed by atoms with Crippen LogP contribution >= 0.6 is 0 Å². The predicted octanol–water partition coefficient (Wildman–Crippen LogP) is 3.08. The van der Waals surface area contributed by atoms with Gasteiger partial charge in [-0.3, -0.25) is 14.3 Å². The minimum absolute atomic E-state index is 0.0111. The first-order valence-corrected chi connectivity index (χ1v) is 12.2. The van der Waals surface area contributed by atoms with Crippen LogP contribution in [0.4, 0.5) is 19.0 Å². The third-order valence-corrected chi connectivity index (χ3v) is 7.32. The molecule has 1 saturated carbocycles. The van der Waals surface area contributed by atoms with Gasteiger partial charge in [0.05, 0.1) is 29.6 Å². The van der Waals surface area contributed by atoms with Crippen LogP contribution in [0.1, 0.15) is 36.9 Å². The van der Waals surface area contributed by atoms with Gasteiger partial charge in [-0.05, 0) is 38.0 Å². The normalized spacial score (nSPS) is 24.0. The van der Waals surface area contributed by atoms with Crippen LogP contribution in [0.5, 0.6) is 0 Å². The first-order valence-electron chi connectivity index (χ1n) is 12.2. The molecule has 4 aromatic heterocycles. The summed E-state index contributed by atoms with van der Waals surface area (Å²) in [6.07, 6.45) is 3.83. The van der Waals surface area contributed by atoms with E-state index in [0.717, 1.165) is 17.8 Å². The Labute approximate surface area is 215 Å². The molecule has 1 aliphatic carbocycles. The zero-order valence-corrected chi connectivity index (χ0v) is 20.4. The van der Waals surface area contributed by atoms with Crippen molar-refractivity contribution in [2.45, 2.75) is 37.6 Å². The Hall–Kier alpha value is -4.00. The molecule has 1 amide bonds. The lowest BCUT2D eigenvalue weighted by Gasteiger charge is -2.47. The molecule has 2 fully saturated rings. The molecule has 10 nitrogen and oxygen atoms in total. The maximum absolute atomic E-state index is 13.3. The van der Waals surface area contributed by atoms with Gasteiger partial charge >= 0.3 is 6.18 Å². The average molecular weight is 527 g/mol. The number of anilines is 1. The SMILES string of the molecule is CC1(O)CC(C(=O)N2CCN(c3ccnc(-c4cnc5ccc(C(F)(F)F)cn45)n3)CC2c2cn[nH]c2)C1. The Kier molecular flexibility index (Phi) is 5.63. The maximum atomic E-state index is 13.3. The molecule has 0 spiro atoms. The second-order valence-electron chi connectivity index (χ2n) is 10.2. The first-order chi connectivity index (χ1) is 18.1. The molecule has 2 aliphatic rings. The van der Waals surface area contributed by atoms with Crippen LogP contribution in [0.15, 0.2) is 49.2 Å². The zero-order chi connectivity index (χ0) is 26.7. The van der Waals surface area contributed by atoms with Gasteiger partial charge in [-0.25, -0.2) is 15.0 Å². The van der Waals surface area contributed by atoms with Gasteiger partial charge in [0.2, 0.25) is 5.91 Å². The summed E-state index contributed by atoms with van der Waals surface area (Å²) >= 11 is 0. The highest BCUT2D eigenvalue weighted by Gasteiger charge is 2.46. The molecule has 198 valence electrons. The van der Waals surface area contributed by atoms with Gasteiger partial charge in [0.1, 0.15) is 17.2 Å². The van der Waals surface area contributed by atoms with Crippen LogP contribution in [-0.4, -0.2) is 70.7 Å². The fourth-order valence-electron chi connectivity index (χ4n) is 5.36. The largest absolute Gasteiger partial charge is 0.417 e. The molecule has 1 unspecified atom stereocenters. The molecule has 0 radical (unpaired) electrons.